The first-order valence-electron chi connectivity index (χ1n) is 7.14. The maximum absolute atomic E-state index is 12.9. The highest BCUT2D eigenvalue weighted by molar-refractivity contribution is 7.89. The predicted molar refractivity (Wildman–Crippen MR) is 80.8 cm³/mol. The molecule has 1 saturated heterocycles. The molecule has 1 aliphatic heterocycles. The van der Waals surface area contributed by atoms with Crippen molar-refractivity contribution in [3.8, 4) is 0 Å². The smallest absolute Gasteiger partial charge is 0.324 e. The fourth-order valence-electron chi connectivity index (χ4n) is 2.92. The fourth-order valence-corrected chi connectivity index (χ4v) is 4.82. The lowest BCUT2D eigenvalue weighted by atomic mass is 10.0. The standard InChI is InChI=1S/C15H21NO5S/c1-10-6-7-14(11(2)12(10)9-17)22(19,20)16-8-4-5-13(16)15(18)21-3/h6-7,13,17H,4-5,8-9H2,1-3H3/t13-/m0/s1. The van der Waals surface area contributed by atoms with Gasteiger partial charge in [0.2, 0.25) is 10.0 Å². The zero-order valence-corrected chi connectivity index (χ0v) is 13.8. The van der Waals surface area contributed by atoms with Crippen molar-refractivity contribution in [2.75, 3.05) is 13.7 Å². The molecule has 1 aliphatic rings. The van der Waals surface area contributed by atoms with Gasteiger partial charge in [0.25, 0.3) is 0 Å². The van der Waals surface area contributed by atoms with Crippen molar-refractivity contribution in [1.82, 2.24) is 4.31 Å². The molecule has 1 heterocycles. The minimum atomic E-state index is -3.80. The second-order valence-electron chi connectivity index (χ2n) is 5.44. The van der Waals surface area contributed by atoms with Crippen molar-refractivity contribution in [3.05, 3.63) is 28.8 Å². The molecule has 1 atom stereocenters. The number of carbonyl (C=O) groups excluding carboxylic acids is 1. The molecule has 0 unspecified atom stereocenters. The van der Waals surface area contributed by atoms with Gasteiger partial charge in [-0.1, -0.05) is 6.07 Å². The van der Waals surface area contributed by atoms with Gasteiger partial charge in [-0.3, -0.25) is 4.79 Å². The summed E-state index contributed by atoms with van der Waals surface area (Å²) in [5.74, 6) is -0.534. The first kappa shape index (κ1) is 16.9. The van der Waals surface area contributed by atoms with Crippen LogP contribution in [-0.2, 0) is 26.2 Å². The second-order valence-corrected chi connectivity index (χ2v) is 7.30. The van der Waals surface area contributed by atoms with E-state index < -0.39 is 22.0 Å². The highest BCUT2D eigenvalue weighted by Gasteiger charge is 2.40. The number of carbonyl (C=O) groups is 1. The Bertz CT molecular complexity index is 683. The number of aryl methyl sites for hydroxylation is 1. The number of methoxy groups -OCH3 is 1. The Morgan fingerprint density at radius 1 is 1.41 bits per heavy atom. The van der Waals surface area contributed by atoms with Crippen molar-refractivity contribution in [2.24, 2.45) is 0 Å². The van der Waals surface area contributed by atoms with E-state index in [1.807, 2.05) is 6.92 Å². The van der Waals surface area contributed by atoms with Crippen molar-refractivity contribution < 1.29 is 23.1 Å². The third-order valence-electron chi connectivity index (χ3n) is 4.20. The van der Waals surface area contributed by atoms with Crippen LogP contribution in [0, 0.1) is 13.8 Å². The number of nitrogens with zero attached hydrogens (tertiary/aromatic N) is 1. The number of aliphatic hydroxyl groups excluding tert-OH is 1. The average Bonchev–Trinajstić information content (AvgIpc) is 2.96. The van der Waals surface area contributed by atoms with Crippen LogP contribution in [-0.4, -0.2) is 43.5 Å². The molecule has 0 aliphatic carbocycles. The first-order chi connectivity index (χ1) is 10.3. The molecular formula is C15H21NO5S. The van der Waals surface area contributed by atoms with Crippen LogP contribution in [0.2, 0.25) is 0 Å². The number of hydrogen-bond acceptors (Lipinski definition) is 5. The minimum Gasteiger partial charge on any atom is -0.468 e. The summed E-state index contributed by atoms with van der Waals surface area (Å²) >= 11 is 0. The molecule has 1 N–H and O–H groups in total. The topological polar surface area (TPSA) is 83.9 Å². The van der Waals surface area contributed by atoms with E-state index in [1.54, 1.807) is 13.0 Å². The van der Waals surface area contributed by atoms with Crippen molar-refractivity contribution in [2.45, 2.75) is 44.2 Å². The van der Waals surface area contributed by atoms with Gasteiger partial charge in [-0.15, -0.1) is 0 Å². The average molecular weight is 327 g/mol. The number of ether oxygens (including phenoxy) is 1. The summed E-state index contributed by atoms with van der Waals surface area (Å²) in [6.45, 7) is 3.57. The monoisotopic (exact) mass is 327 g/mol. The largest absolute Gasteiger partial charge is 0.468 e. The summed E-state index contributed by atoms with van der Waals surface area (Å²) < 4.78 is 31.7. The van der Waals surface area contributed by atoms with Gasteiger partial charge in [0.05, 0.1) is 18.6 Å². The molecule has 0 aromatic heterocycles. The van der Waals surface area contributed by atoms with Gasteiger partial charge >= 0.3 is 5.97 Å². The van der Waals surface area contributed by atoms with Crippen LogP contribution in [0.4, 0.5) is 0 Å². The quantitative estimate of drug-likeness (QED) is 0.838. The summed E-state index contributed by atoms with van der Waals surface area (Å²) in [6, 6.07) is 2.44. The lowest BCUT2D eigenvalue weighted by molar-refractivity contribution is -0.144. The number of sulfonamides is 1. The van der Waals surface area contributed by atoms with E-state index in [-0.39, 0.29) is 11.5 Å². The van der Waals surface area contributed by atoms with E-state index in [1.165, 1.54) is 17.5 Å². The zero-order chi connectivity index (χ0) is 16.5. The molecule has 0 radical (unpaired) electrons. The van der Waals surface area contributed by atoms with Crippen LogP contribution in [0.15, 0.2) is 17.0 Å². The Hall–Kier alpha value is -1.44. The van der Waals surface area contributed by atoms with Crippen LogP contribution in [0.3, 0.4) is 0 Å². The molecule has 0 amide bonds. The van der Waals surface area contributed by atoms with Crippen molar-refractivity contribution in [3.63, 3.8) is 0 Å². The number of hydrogen-bond donors (Lipinski definition) is 1. The van der Waals surface area contributed by atoms with Crippen LogP contribution in [0.5, 0.6) is 0 Å². The molecular weight excluding hydrogens is 306 g/mol. The number of benzene rings is 1. The third kappa shape index (κ3) is 2.76. The number of esters is 1. The molecule has 22 heavy (non-hydrogen) atoms. The van der Waals surface area contributed by atoms with Crippen LogP contribution in [0.25, 0.3) is 0 Å². The fraction of sp³-hybridized carbons (Fsp3) is 0.533. The van der Waals surface area contributed by atoms with Gasteiger partial charge in [-0.2, -0.15) is 4.31 Å². The lowest BCUT2D eigenvalue weighted by Crippen LogP contribution is -2.41. The highest BCUT2D eigenvalue weighted by atomic mass is 32.2. The van der Waals surface area contributed by atoms with Gasteiger partial charge in [-0.05, 0) is 49.4 Å². The molecule has 122 valence electrons. The second kappa shape index (κ2) is 6.36. The lowest BCUT2D eigenvalue weighted by Gasteiger charge is -2.24. The molecule has 7 heteroatoms. The van der Waals surface area contributed by atoms with E-state index in [2.05, 4.69) is 0 Å². The van der Waals surface area contributed by atoms with Crippen molar-refractivity contribution in [1.29, 1.82) is 0 Å². The molecule has 0 spiro atoms. The van der Waals surface area contributed by atoms with Crippen LogP contribution >= 0.6 is 0 Å². The summed E-state index contributed by atoms with van der Waals surface area (Å²) in [6.07, 6.45) is 1.08. The Labute approximate surface area is 130 Å². The summed E-state index contributed by atoms with van der Waals surface area (Å²) in [4.78, 5) is 11.9. The first-order valence-corrected chi connectivity index (χ1v) is 8.58. The minimum absolute atomic E-state index is 0.137. The normalized spacial score (nSPS) is 19.4. The summed E-state index contributed by atoms with van der Waals surface area (Å²) in [7, 11) is -2.55. The predicted octanol–water partition coefficient (Wildman–Crippen LogP) is 1.12. The van der Waals surface area contributed by atoms with Crippen LogP contribution < -0.4 is 0 Å². The summed E-state index contributed by atoms with van der Waals surface area (Å²) in [5.41, 5.74) is 1.97. The van der Waals surface area contributed by atoms with Gasteiger partial charge in [0.1, 0.15) is 6.04 Å². The Kier molecular flexibility index (Phi) is 4.89. The molecule has 6 nitrogen and oxygen atoms in total. The van der Waals surface area contributed by atoms with Crippen molar-refractivity contribution >= 4 is 16.0 Å². The van der Waals surface area contributed by atoms with E-state index in [9.17, 15) is 18.3 Å². The molecule has 2 rings (SSSR count). The highest BCUT2D eigenvalue weighted by Crippen LogP contribution is 2.30. The van der Waals surface area contributed by atoms with E-state index in [4.69, 9.17) is 4.74 Å². The Morgan fingerprint density at radius 2 is 2.09 bits per heavy atom. The zero-order valence-electron chi connectivity index (χ0n) is 13.0. The molecule has 0 bridgehead atoms. The van der Waals surface area contributed by atoms with E-state index in [0.29, 0.717) is 30.5 Å². The number of aliphatic hydroxyl groups is 1. The van der Waals surface area contributed by atoms with Crippen LogP contribution in [0.1, 0.15) is 29.5 Å². The van der Waals surface area contributed by atoms with E-state index in [0.717, 1.165) is 5.56 Å². The number of rotatable bonds is 4. The molecule has 0 saturated carbocycles. The Balaban J connectivity index is 2.49. The van der Waals surface area contributed by atoms with Gasteiger partial charge in [0, 0.05) is 6.54 Å². The maximum atomic E-state index is 12.9. The van der Waals surface area contributed by atoms with Gasteiger partial charge in [-0.25, -0.2) is 8.42 Å². The molecule has 1 fully saturated rings. The van der Waals surface area contributed by atoms with Gasteiger partial charge in [0.15, 0.2) is 0 Å². The molecule has 1 aromatic carbocycles. The van der Waals surface area contributed by atoms with Gasteiger partial charge < -0.3 is 9.84 Å². The Morgan fingerprint density at radius 3 is 2.68 bits per heavy atom. The SMILES string of the molecule is COC(=O)[C@@H]1CCCN1S(=O)(=O)c1ccc(C)c(CO)c1C. The molecule has 1 aromatic rings. The third-order valence-corrected chi connectivity index (χ3v) is 6.26. The summed E-state index contributed by atoms with van der Waals surface area (Å²) in [5, 5.41) is 9.45. The maximum Gasteiger partial charge on any atom is 0.324 e. The van der Waals surface area contributed by atoms with E-state index >= 15 is 0 Å².